The number of alkyl halides is 15. The van der Waals surface area contributed by atoms with Crippen LogP contribution < -0.4 is 0 Å². The molecule has 16 heteroatoms. The van der Waals surface area contributed by atoms with Crippen LogP contribution in [0.5, 0.6) is 0 Å². The first-order valence-corrected chi connectivity index (χ1v) is 8.77. The zero-order valence-corrected chi connectivity index (χ0v) is 17.3. The second-order valence-corrected chi connectivity index (χ2v) is 9.00. The van der Waals surface area contributed by atoms with E-state index in [1.54, 1.807) is 0 Å². The van der Waals surface area contributed by atoms with Gasteiger partial charge in [0, 0.05) is 21.6 Å². The third-order valence-electron chi connectivity index (χ3n) is 3.36. The Bertz CT molecular complexity index is 763. The first-order chi connectivity index (χ1) is 12.5. The Labute approximate surface area is 182 Å². The van der Waals surface area contributed by atoms with E-state index < -0.39 is 66.7 Å². The summed E-state index contributed by atoms with van der Waals surface area (Å²) in [5.41, 5.74) is -13.1. The predicted octanol–water partition coefficient (Wildman–Crippen LogP) is 7.95. The molecule has 0 aliphatic rings. The molecule has 0 amide bonds. The molecule has 0 saturated heterocycles. The van der Waals surface area contributed by atoms with Crippen LogP contribution in [0.25, 0.3) is 0 Å². The number of rotatable bonds is 3. The Balaban J connectivity index is 4.14. The molecular weight excluding hydrogens is 617 g/mol. The molecule has 0 aromatic heterocycles. The Morgan fingerprint density at radius 3 is 1.55 bits per heavy atom. The standard InChI is InChI=1S/C13H3Cl3F12I/c14-8(15,16)3-5-6(1-4(2-7(5)29)10(18,19)20)9(17,12(23,24)25)11(21,22)13(26,27)28/h1H,3H2. The third kappa shape index (κ3) is 5.25. The summed E-state index contributed by atoms with van der Waals surface area (Å²) in [6.07, 6.45) is -21.2. The lowest BCUT2D eigenvalue weighted by molar-refractivity contribution is -0.389. The fourth-order valence-corrected chi connectivity index (χ4v) is 3.28. The molecule has 1 unspecified atom stereocenters. The van der Waals surface area contributed by atoms with Crippen molar-refractivity contribution in [3.05, 3.63) is 32.4 Å². The zero-order chi connectivity index (χ0) is 23.4. The van der Waals surface area contributed by atoms with E-state index in [-0.39, 0.29) is 0 Å². The Morgan fingerprint density at radius 1 is 0.793 bits per heavy atom. The normalized spacial score (nSPS) is 16.7. The van der Waals surface area contributed by atoms with Crippen molar-refractivity contribution in [3.63, 3.8) is 0 Å². The summed E-state index contributed by atoms with van der Waals surface area (Å²) in [5, 5.41) is 0. The van der Waals surface area contributed by atoms with Gasteiger partial charge in [0.15, 0.2) is 3.79 Å². The van der Waals surface area contributed by atoms with Gasteiger partial charge in [-0.15, -0.1) is 0 Å². The van der Waals surface area contributed by atoms with E-state index in [2.05, 4.69) is 0 Å². The van der Waals surface area contributed by atoms with Crippen molar-refractivity contribution >= 4 is 57.4 Å². The van der Waals surface area contributed by atoms with Crippen molar-refractivity contribution in [3.8, 4) is 0 Å². The van der Waals surface area contributed by atoms with Gasteiger partial charge in [-0.05, 0) is 34.2 Å². The lowest BCUT2D eigenvalue weighted by Crippen LogP contribution is -2.60. The van der Waals surface area contributed by atoms with Crippen LogP contribution >= 0.6 is 57.4 Å². The van der Waals surface area contributed by atoms with E-state index in [1.807, 2.05) is 0 Å². The van der Waals surface area contributed by atoms with E-state index in [0.717, 1.165) is 22.6 Å². The Hall–Kier alpha value is -0.0200. The molecule has 0 N–H and O–H groups in total. The van der Waals surface area contributed by atoms with Crippen LogP contribution in [0.1, 0.15) is 16.7 Å². The molecule has 0 bridgehead atoms. The maximum atomic E-state index is 14.8. The smallest absolute Gasteiger partial charge is 0.221 e. The van der Waals surface area contributed by atoms with Gasteiger partial charge in [0.05, 0.1) is 5.56 Å². The minimum absolute atomic E-state index is 0.817. The number of hydrogen-bond acceptors (Lipinski definition) is 0. The highest BCUT2D eigenvalue weighted by molar-refractivity contribution is 14.1. The highest BCUT2D eigenvalue weighted by atomic mass is 127. The lowest BCUT2D eigenvalue weighted by Gasteiger charge is -2.38. The van der Waals surface area contributed by atoms with Crippen LogP contribution in [-0.4, -0.2) is 22.1 Å². The molecule has 29 heavy (non-hydrogen) atoms. The molecule has 1 atom stereocenters. The van der Waals surface area contributed by atoms with Gasteiger partial charge < -0.3 is 0 Å². The Kier molecular flexibility index (Phi) is 7.30. The molecule has 0 fully saturated rings. The number of benzene rings is 1. The molecule has 0 aliphatic carbocycles. The van der Waals surface area contributed by atoms with E-state index in [0.29, 0.717) is 0 Å². The fraction of sp³-hybridized carbons (Fsp3) is 0.538. The van der Waals surface area contributed by atoms with Crippen LogP contribution in [0.4, 0.5) is 52.7 Å². The summed E-state index contributed by atoms with van der Waals surface area (Å²) in [6.45, 7) is 0. The van der Waals surface area contributed by atoms with Gasteiger partial charge in [0.1, 0.15) is 0 Å². The molecule has 1 aromatic rings. The van der Waals surface area contributed by atoms with Crippen molar-refractivity contribution in [2.75, 3.05) is 0 Å². The van der Waals surface area contributed by atoms with Crippen LogP contribution in [0.2, 0.25) is 0 Å². The predicted molar refractivity (Wildman–Crippen MR) is 86.8 cm³/mol. The summed E-state index contributed by atoms with van der Waals surface area (Å²) in [5.74, 6) is -7.20. The monoisotopic (exact) mass is 619 g/mol. The van der Waals surface area contributed by atoms with Gasteiger partial charge in [0.2, 0.25) is 0 Å². The first-order valence-electron chi connectivity index (χ1n) is 6.56. The molecule has 0 saturated carbocycles. The van der Waals surface area contributed by atoms with Crippen LogP contribution in [-0.2, 0) is 18.3 Å². The second kappa shape index (κ2) is 7.84. The van der Waals surface area contributed by atoms with Gasteiger partial charge in [-0.3, -0.25) is 0 Å². The molecule has 0 aliphatic heterocycles. The molecule has 1 radical (unpaired) electrons. The van der Waals surface area contributed by atoms with E-state index in [9.17, 15) is 52.7 Å². The minimum Gasteiger partial charge on any atom is -0.221 e. The third-order valence-corrected chi connectivity index (χ3v) is 4.68. The quantitative estimate of drug-likeness (QED) is 0.183. The second-order valence-electron chi connectivity index (χ2n) is 5.41. The van der Waals surface area contributed by atoms with Crippen LogP contribution in [0.3, 0.4) is 0 Å². The Morgan fingerprint density at radius 2 is 1.24 bits per heavy atom. The van der Waals surface area contributed by atoms with Crippen molar-refractivity contribution < 1.29 is 52.7 Å². The minimum atomic E-state index is -7.20. The average molecular weight is 620 g/mol. The van der Waals surface area contributed by atoms with Gasteiger partial charge in [0.25, 0.3) is 0 Å². The summed E-state index contributed by atoms with van der Waals surface area (Å²) >= 11 is 16.7. The number of halogens is 16. The highest BCUT2D eigenvalue weighted by Crippen LogP contribution is 2.59. The summed E-state index contributed by atoms with van der Waals surface area (Å²) in [6, 6.07) is 0.558. The summed E-state index contributed by atoms with van der Waals surface area (Å²) in [4.78, 5) is 0. The van der Waals surface area contributed by atoms with Gasteiger partial charge in [-0.25, -0.2) is 4.39 Å². The molecule has 0 heterocycles. The maximum absolute atomic E-state index is 14.8. The van der Waals surface area contributed by atoms with Crippen molar-refractivity contribution in [1.82, 2.24) is 0 Å². The summed E-state index contributed by atoms with van der Waals surface area (Å²) in [7, 11) is 0. The molecule has 1 rings (SSSR count). The molecule has 0 nitrogen and oxygen atoms in total. The summed E-state index contributed by atoms with van der Waals surface area (Å²) < 4.78 is 155. The van der Waals surface area contributed by atoms with Crippen molar-refractivity contribution in [1.29, 1.82) is 0 Å². The molecular formula is C13H3Cl3F12I. The van der Waals surface area contributed by atoms with E-state index in [1.165, 1.54) is 6.07 Å². The lowest BCUT2D eigenvalue weighted by atomic mass is 9.83. The van der Waals surface area contributed by atoms with Crippen LogP contribution in [0, 0.1) is 9.64 Å². The average Bonchev–Trinajstić information content (AvgIpc) is 2.43. The van der Waals surface area contributed by atoms with Crippen molar-refractivity contribution in [2.24, 2.45) is 0 Å². The maximum Gasteiger partial charge on any atom is 0.457 e. The van der Waals surface area contributed by atoms with E-state index in [4.69, 9.17) is 34.8 Å². The first kappa shape index (κ1) is 27.0. The van der Waals surface area contributed by atoms with Gasteiger partial charge in [-0.1, -0.05) is 34.8 Å². The fourth-order valence-electron chi connectivity index (χ4n) is 2.11. The SMILES string of the molecule is FC(F)(F)c1[c]c(I)c(CC(Cl)(Cl)Cl)c(C(F)(C(F)(F)F)C(F)(F)C(F)(F)F)c1. The van der Waals surface area contributed by atoms with Gasteiger partial charge >= 0.3 is 30.1 Å². The topological polar surface area (TPSA) is 0 Å². The largest absolute Gasteiger partial charge is 0.457 e. The number of hydrogen-bond donors (Lipinski definition) is 0. The molecule has 1 aromatic carbocycles. The molecule has 0 spiro atoms. The van der Waals surface area contributed by atoms with Crippen molar-refractivity contribution in [2.45, 2.75) is 40.3 Å². The highest BCUT2D eigenvalue weighted by Gasteiger charge is 2.82. The van der Waals surface area contributed by atoms with Crippen LogP contribution in [0.15, 0.2) is 6.07 Å². The van der Waals surface area contributed by atoms with E-state index >= 15 is 0 Å². The van der Waals surface area contributed by atoms with Gasteiger partial charge in [-0.2, -0.15) is 48.3 Å². The zero-order valence-electron chi connectivity index (χ0n) is 12.8. The molecule has 167 valence electrons.